The highest BCUT2D eigenvalue weighted by Crippen LogP contribution is 2.63. The zero-order valence-electron chi connectivity index (χ0n) is 41.6. The van der Waals surface area contributed by atoms with Crippen molar-refractivity contribution in [3.8, 4) is 50.2 Å². The number of aromatic nitrogens is 1. The van der Waals surface area contributed by atoms with Crippen LogP contribution in [0.25, 0.3) is 72.0 Å². The minimum absolute atomic E-state index is 0.487. The molecule has 13 aromatic rings. The van der Waals surface area contributed by atoms with Crippen LogP contribution >= 0.6 is 0 Å². The van der Waals surface area contributed by atoms with Gasteiger partial charge in [-0.15, -0.1) is 0 Å². The Morgan fingerprint density at radius 2 is 0.776 bits per heavy atom. The van der Waals surface area contributed by atoms with Crippen molar-refractivity contribution < 1.29 is 0 Å². The summed E-state index contributed by atoms with van der Waals surface area (Å²) in [7, 11) is 0. The minimum atomic E-state index is -0.563. The Balaban J connectivity index is 0.984. The maximum Gasteiger partial charge on any atom is 0.0754 e. The molecular formula is C74H48N2. The average molecular weight is 965 g/mol. The van der Waals surface area contributed by atoms with E-state index in [0.29, 0.717) is 0 Å². The fraction of sp³-hybridized carbons (Fsp3) is 0.0270. The van der Waals surface area contributed by atoms with Gasteiger partial charge in [0.2, 0.25) is 0 Å². The molecule has 0 saturated heterocycles. The number of anilines is 3. The molecule has 0 radical (unpaired) electrons. The molecule has 3 aliphatic rings. The van der Waals surface area contributed by atoms with E-state index in [9.17, 15) is 0 Å². The van der Waals surface area contributed by atoms with E-state index in [4.69, 9.17) is 0 Å². The van der Waals surface area contributed by atoms with E-state index in [2.05, 4.69) is 301 Å². The topological polar surface area (TPSA) is 8.17 Å². The van der Waals surface area contributed by atoms with Crippen LogP contribution in [0.15, 0.2) is 291 Å². The van der Waals surface area contributed by atoms with Crippen molar-refractivity contribution in [2.75, 3.05) is 4.90 Å². The summed E-state index contributed by atoms with van der Waals surface area (Å²) in [4.78, 5) is 2.56. The Kier molecular flexibility index (Phi) is 9.20. The summed E-state index contributed by atoms with van der Waals surface area (Å²) in [6.45, 7) is 0. The number of nitrogens with zero attached hydrogens (tertiary/aromatic N) is 2. The van der Waals surface area contributed by atoms with E-state index in [1.807, 2.05) is 0 Å². The molecule has 1 spiro atoms. The van der Waals surface area contributed by atoms with E-state index in [1.54, 1.807) is 0 Å². The van der Waals surface area contributed by atoms with E-state index < -0.39 is 10.8 Å². The van der Waals surface area contributed by atoms with Gasteiger partial charge in [-0.05, 0) is 114 Å². The van der Waals surface area contributed by atoms with Crippen molar-refractivity contribution in [3.63, 3.8) is 0 Å². The minimum Gasteiger partial charge on any atom is -0.309 e. The smallest absolute Gasteiger partial charge is 0.0754 e. The molecule has 0 amide bonds. The van der Waals surface area contributed by atoms with Gasteiger partial charge < -0.3 is 9.47 Å². The number of rotatable bonds is 7. The fourth-order valence-corrected chi connectivity index (χ4v) is 14.1. The van der Waals surface area contributed by atoms with Gasteiger partial charge in [0.05, 0.1) is 38.9 Å². The number of para-hydroxylation sites is 3. The van der Waals surface area contributed by atoms with Crippen LogP contribution in [0.1, 0.15) is 44.5 Å². The summed E-state index contributed by atoms with van der Waals surface area (Å²) in [5.41, 5.74) is 26.1. The highest BCUT2D eigenvalue weighted by molar-refractivity contribution is 6.14. The van der Waals surface area contributed by atoms with Gasteiger partial charge in [0.15, 0.2) is 0 Å². The van der Waals surface area contributed by atoms with Gasteiger partial charge >= 0.3 is 0 Å². The quantitative estimate of drug-likeness (QED) is 0.155. The SMILES string of the molecule is c1ccc(-c2ccc(-c3ccccc3N(c3ccc4c(c3)c3cccc5c3n4-c3ccccc3C53c4ccccc4-c4ccccc43)c3cccc4c3-c3ccccc3C4(c3ccccc3)c3ccccc3)cc2)cc1. The van der Waals surface area contributed by atoms with Crippen LogP contribution in [-0.2, 0) is 10.8 Å². The Bertz CT molecular complexity index is 4370. The molecule has 1 aromatic heterocycles. The zero-order valence-corrected chi connectivity index (χ0v) is 41.6. The number of hydrogen-bond donors (Lipinski definition) is 0. The lowest BCUT2D eigenvalue weighted by molar-refractivity contribution is 0.748. The van der Waals surface area contributed by atoms with Crippen LogP contribution in [-0.4, -0.2) is 4.57 Å². The Hall–Kier alpha value is -9.76. The molecule has 0 unspecified atom stereocenters. The molecule has 0 N–H and O–H groups in total. The summed E-state index contributed by atoms with van der Waals surface area (Å²) in [6.07, 6.45) is 0. The summed E-state index contributed by atoms with van der Waals surface area (Å²) < 4.78 is 2.56. The van der Waals surface area contributed by atoms with E-state index in [1.165, 1.54) is 105 Å². The lowest BCUT2D eigenvalue weighted by Gasteiger charge is -2.39. The van der Waals surface area contributed by atoms with Crippen LogP contribution in [0.5, 0.6) is 0 Å². The third-order valence-corrected chi connectivity index (χ3v) is 17.1. The maximum absolute atomic E-state index is 2.56. The van der Waals surface area contributed by atoms with Gasteiger partial charge in [0.1, 0.15) is 0 Å². The van der Waals surface area contributed by atoms with Gasteiger partial charge in [-0.3, -0.25) is 0 Å². The molecule has 0 saturated carbocycles. The largest absolute Gasteiger partial charge is 0.309 e. The third kappa shape index (κ3) is 5.70. The molecule has 0 atom stereocenters. The number of hydrogen-bond acceptors (Lipinski definition) is 1. The highest BCUT2D eigenvalue weighted by Gasteiger charge is 2.51. The number of fused-ring (bicyclic) bond motifs is 15. The normalized spacial score (nSPS) is 13.7. The van der Waals surface area contributed by atoms with Crippen molar-refractivity contribution in [1.82, 2.24) is 4.57 Å². The summed E-state index contributed by atoms with van der Waals surface area (Å²) in [5, 5.41) is 2.46. The van der Waals surface area contributed by atoms with Gasteiger partial charge in [0, 0.05) is 27.6 Å². The zero-order chi connectivity index (χ0) is 50.0. The Morgan fingerprint density at radius 1 is 0.289 bits per heavy atom. The molecule has 2 heterocycles. The molecule has 16 rings (SSSR count). The molecule has 2 heteroatoms. The first-order valence-electron chi connectivity index (χ1n) is 26.5. The van der Waals surface area contributed by atoms with Crippen LogP contribution in [0.4, 0.5) is 17.1 Å². The summed E-state index contributed by atoms with van der Waals surface area (Å²) in [6, 6.07) is 109. The second-order valence-electron chi connectivity index (χ2n) is 20.6. The molecule has 76 heavy (non-hydrogen) atoms. The van der Waals surface area contributed by atoms with Crippen LogP contribution < -0.4 is 4.90 Å². The van der Waals surface area contributed by atoms with Crippen molar-refractivity contribution in [1.29, 1.82) is 0 Å². The second kappa shape index (κ2) is 16.4. The van der Waals surface area contributed by atoms with Crippen molar-refractivity contribution >= 4 is 38.9 Å². The molecule has 0 fully saturated rings. The van der Waals surface area contributed by atoms with E-state index >= 15 is 0 Å². The van der Waals surface area contributed by atoms with Crippen molar-refractivity contribution in [2.24, 2.45) is 0 Å². The third-order valence-electron chi connectivity index (χ3n) is 17.1. The van der Waals surface area contributed by atoms with E-state index in [-0.39, 0.29) is 0 Å². The predicted octanol–water partition coefficient (Wildman–Crippen LogP) is 18.6. The first-order chi connectivity index (χ1) is 37.7. The number of benzene rings is 12. The van der Waals surface area contributed by atoms with Crippen molar-refractivity contribution in [3.05, 3.63) is 336 Å². The summed E-state index contributed by atoms with van der Waals surface area (Å²) in [5.74, 6) is 0. The molecule has 12 aromatic carbocycles. The lowest BCUT2D eigenvalue weighted by Crippen LogP contribution is -2.33. The highest BCUT2D eigenvalue weighted by atomic mass is 15.2. The standard InChI is InChI=1S/C74H48N2/c1-4-22-49(23-5-1)50-42-44-51(45-43-50)55-28-13-18-39-67(55)75(70-41-21-37-65-71(70)59-31-12-16-35-63(59)73(65,52-24-6-2-7-25-52)53-26-8-3-9-27-53)54-46-47-68-60(48-54)58-32-20-38-66-72(58)76(68)69-40-19-17-36-64(69)74(66)61-33-14-10-29-56(61)57-30-11-15-34-62(57)74/h1-48H. The van der Waals surface area contributed by atoms with Crippen LogP contribution in [0.2, 0.25) is 0 Å². The van der Waals surface area contributed by atoms with Gasteiger partial charge in [0.25, 0.3) is 0 Å². The van der Waals surface area contributed by atoms with Crippen molar-refractivity contribution in [2.45, 2.75) is 10.8 Å². The monoisotopic (exact) mass is 964 g/mol. The lowest BCUT2D eigenvalue weighted by atomic mass is 9.65. The first kappa shape index (κ1) is 42.7. The molecular weight excluding hydrogens is 917 g/mol. The molecule has 1 aliphatic heterocycles. The Morgan fingerprint density at radius 3 is 1.46 bits per heavy atom. The predicted molar refractivity (Wildman–Crippen MR) is 315 cm³/mol. The maximum atomic E-state index is 2.56. The molecule has 354 valence electrons. The molecule has 0 bridgehead atoms. The first-order valence-corrected chi connectivity index (χ1v) is 26.5. The van der Waals surface area contributed by atoms with Crippen LogP contribution in [0.3, 0.4) is 0 Å². The molecule has 2 nitrogen and oxygen atoms in total. The van der Waals surface area contributed by atoms with Gasteiger partial charge in [-0.1, -0.05) is 255 Å². The van der Waals surface area contributed by atoms with Crippen LogP contribution in [0, 0.1) is 0 Å². The van der Waals surface area contributed by atoms with Gasteiger partial charge in [-0.2, -0.15) is 0 Å². The second-order valence-corrected chi connectivity index (χ2v) is 20.6. The fourth-order valence-electron chi connectivity index (χ4n) is 14.1. The summed E-state index contributed by atoms with van der Waals surface area (Å²) >= 11 is 0. The van der Waals surface area contributed by atoms with Gasteiger partial charge in [-0.25, -0.2) is 0 Å². The molecule has 2 aliphatic carbocycles. The van der Waals surface area contributed by atoms with E-state index in [0.717, 1.165) is 28.2 Å². The Labute approximate surface area is 442 Å². The average Bonchev–Trinajstić information content (AvgIpc) is 4.32.